The van der Waals surface area contributed by atoms with Crippen molar-refractivity contribution < 1.29 is 32.3 Å². The molecule has 0 aliphatic heterocycles. The molecule has 0 bridgehead atoms. The topological polar surface area (TPSA) is 46.5 Å². The number of carbonyl (C=O) groups is 1. The van der Waals surface area contributed by atoms with Gasteiger partial charge in [0.2, 0.25) is 0 Å². The maximum Gasteiger partial charge on any atom is 0.345 e. The second-order valence-electron chi connectivity index (χ2n) is 2.66. The minimum absolute atomic E-state index is 0. The number of carbonyl (C=O) groups excluding carboxylic acids is 1. The van der Waals surface area contributed by atoms with E-state index in [0.717, 1.165) is 25.7 Å². The molecule has 0 saturated heterocycles. The van der Waals surface area contributed by atoms with Gasteiger partial charge in [0.1, 0.15) is 0 Å². The van der Waals surface area contributed by atoms with Crippen LogP contribution in [0.3, 0.4) is 0 Å². The molecule has 0 saturated carbocycles. The predicted octanol–water partition coefficient (Wildman–Crippen LogP) is 2.22. The third kappa shape index (κ3) is 5.59. The quantitative estimate of drug-likeness (QED) is 0.561. The summed E-state index contributed by atoms with van der Waals surface area (Å²) in [5.74, 6) is -0.624. The van der Waals surface area contributed by atoms with Gasteiger partial charge in [-0.1, -0.05) is 26.7 Å². The van der Waals surface area contributed by atoms with Gasteiger partial charge in [-0.2, -0.15) is 5.26 Å². The van der Waals surface area contributed by atoms with E-state index in [1.807, 2.05) is 6.92 Å². The monoisotopic (exact) mass is 212 g/mol. The summed E-state index contributed by atoms with van der Waals surface area (Å²) in [6.07, 6.45) is 3.62. The molecule has 0 heterocycles. The van der Waals surface area contributed by atoms with E-state index in [1.165, 1.54) is 0 Å². The molecule has 12 heavy (non-hydrogen) atoms. The normalized spacial score (nSPS) is 11.6. The van der Waals surface area contributed by atoms with E-state index >= 15 is 0 Å². The van der Waals surface area contributed by atoms with Crippen molar-refractivity contribution in [1.82, 2.24) is 0 Å². The maximum atomic E-state index is 10.8. The van der Waals surface area contributed by atoms with Gasteiger partial charge < -0.3 is 4.89 Å². The van der Waals surface area contributed by atoms with Crippen molar-refractivity contribution >= 4 is 5.97 Å². The van der Waals surface area contributed by atoms with Crippen molar-refractivity contribution in [3.8, 4) is 0 Å². The van der Waals surface area contributed by atoms with Gasteiger partial charge in [-0.05, 0) is 12.8 Å². The first-order valence-electron chi connectivity index (χ1n) is 4.11. The van der Waals surface area contributed by atoms with E-state index in [-0.39, 0.29) is 23.3 Å². The third-order valence-electron chi connectivity index (χ3n) is 1.82. The van der Waals surface area contributed by atoms with E-state index in [0.29, 0.717) is 0 Å². The molecule has 0 rings (SSSR count). The minimum atomic E-state index is -0.499. The summed E-state index contributed by atoms with van der Waals surface area (Å²) in [6, 6.07) is 0. The van der Waals surface area contributed by atoms with Crippen LogP contribution in [-0.2, 0) is 27.0 Å². The molecular formula is C8H16CrO3. The fourth-order valence-electron chi connectivity index (χ4n) is 1.01. The number of rotatable bonds is 5. The Kier molecular flexibility index (Phi) is 10.9. The summed E-state index contributed by atoms with van der Waals surface area (Å²) in [7, 11) is 0. The predicted molar refractivity (Wildman–Crippen MR) is 42.0 cm³/mol. The molecule has 1 atom stereocenters. The molecule has 0 aliphatic rings. The van der Waals surface area contributed by atoms with Crippen LogP contribution in [0, 0.1) is 5.92 Å². The van der Waals surface area contributed by atoms with E-state index in [2.05, 4.69) is 11.8 Å². The number of unbranched alkanes of at least 4 members (excludes halogenated alkanes) is 1. The smallest absolute Gasteiger partial charge is 0.301 e. The summed E-state index contributed by atoms with van der Waals surface area (Å²) in [5, 5.41) is 8.09. The van der Waals surface area contributed by atoms with Crippen molar-refractivity contribution in [1.29, 1.82) is 0 Å². The van der Waals surface area contributed by atoms with E-state index in [9.17, 15) is 4.79 Å². The van der Waals surface area contributed by atoms with Gasteiger partial charge in [0.25, 0.3) is 0 Å². The SMILES string of the molecule is CCCCC(CC)C(=O)OO.[Cr]. The van der Waals surface area contributed by atoms with Gasteiger partial charge in [-0.25, -0.2) is 4.79 Å². The zero-order valence-corrected chi connectivity index (χ0v) is 8.85. The molecule has 0 spiro atoms. The first-order valence-corrected chi connectivity index (χ1v) is 4.11. The standard InChI is InChI=1S/C8H16O3.Cr/c1-3-5-6-7(4-2)8(9)11-10;/h7,10H,3-6H2,1-2H3;. The van der Waals surface area contributed by atoms with Gasteiger partial charge >= 0.3 is 5.97 Å². The van der Waals surface area contributed by atoms with Crippen molar-refractivity contribution in [3.05, 3.63) is 0 Å². The molecule has 1 N–H and O–H groups in total. The number of hydrogen-bond donors (Lipinski definition) is 1. The molecule has 0 amide bonds. The van der Waals surface area contributed by atoms with E-state index < -0.39 is 5.97 Å². The molecule has 72 valence electrons. The fraction of sp³-hybridized carbons (Fsp3) is 0.875. The molecule has 1 unspecified atom stereocenters. The number of hydrogen-bond acceptors (Lipinski definition) is 3. The summed E-state index contributed by atoms with van der Waals surface area (Å²) >= 11 is 0. The van der Waals surface area contributed by atoms with Crippen LogP contribution in [0.1, 0.15) is 39.5 Å². The average molecular weight is 212 g/mol. The zero-order valence-electron chi connectivity index (χ0n) is 7.58. The molecule has 4 heteroatoms. The summed E-state index contributed by atoms with van der Waals surface area (Å²) in [4.78, 5) is 14.4. The Balaban J connectivity index is 0. The maximum absolute atomic E-state index is 10.8. The Morgan fingerprint density at radius 1 is 1.50 bits per heavy atom. The van der Waals surface area contributed by atoms with Crippen LogP contribution in [0.25, 0.3) is 0 Å². The average Bonchev–Trinajstić information content (AvgIpc) is 2.05. The molecule has 3 nitrogen and oxygen atoms in total. The largest absolute Gasteiger partial charge is 0.345 e. The molecule has 0 aromatic carbocycles. The first kappa shape index (κ1) is 14.5. The summed E-state index contributed by atoms with van der Waals surface area (Å²) in [5.41, 5.74) is 0. The van der Waals surface area contributed by atoms with Gasteiger partial charge in [0.15, 0.2) is 0 Å². The van der Waals surface area contributed by atoms with Gasteiger partial charge in [0, 0.05) is 17.4 Å². The van der Waals surface area contributed by atoms with Crippen LogP contribution in [-0.4, -0.2) is 11.2 Å². The van der Waals surface area contributed by atoms with Crippen LogP contribution >= 0.6 is 0 Å². The Bertz CT molecular complexity index is 117. The minimum Gasteiger partial charge on any atom is -0.301 e. The van der Waals surface area contributed by atoms with Crippen LogP contribution in [0.2, 0.25) is 0 Å². The van der Waals surface area contributed by atoms with Gasteiger partial charge in [-0.15, -0.1) is 0 Å². The molecule has 0 aliphatic carbocycles. The fourth-order valence-corrected chi connectivity index (χ4v) is 1.01. The second kappa shape index (κ2) is 9.05. The third-order valence-corrected chi connectivity index (χ3v) is 1.82. The Hall–Kier alpha value is -0.0375. The van der Waals surface area contributed by atoms with Crippen LogP contribution in [0.4, 0.5) is 0 Å². The molecular weight excluding hydrogens is 196 g/mol. The zero-order chi connectivity index (χ0) is 8.69. The van der Waals surface area contributed by atoms with E-state index in [4.69, 9.17) is 5.26 Å². The van der Waals surface area contributed by atoms with Crippen molar-refractivity contribution in [3.63, 3.8) is 0 Å². The van der Waals surface area contributed by atoms with Crippen molar-refractivity contribution in [2.24, 2.45) is 5.92 Å². The molecule has 0 fully saturated rings. The van der Waals surface area contributed by atoms with Gasteiger partial charge in [0.05, 0.1) is 5.92 Å². The van der Waals surface area contributed by atoms with Crippen molar-refractivity contribution in [2.45, 2.75) is 39.5 Å². The summed E-state index contributed by atoms with van der Waals surface area (Å²) in [6.45, 7) is 3.98. The van der Waals surface area contributed by atoms with Crippen LogP contribution in [0.5, 0.6) is 0 Å². The Morgan fingerprint density at radius 3 is 2.42 bits per heavy atom. The van der Waals surface area contributed by atoms with Gasteiger partial charge in [-0.3, -0.25) is 0 Å². The molecule has 0 aromatic rings. The molecule has 0 radical (unpaired) electrons. The first-order chi connectivity index (χ1) is 5.26. The van der Waals surface area contributed by atoms with Crippen molar-refractivity contribution in [2.75, 3.05) is 0 Å². The molecule has 0 aromatic heterocycles. The van der Waals surface area contributed by atoms with E-state index in [1.54, 1.807) is 0 Å². The Morgan fingerprint density at radius 2 is 2.08 bits per heavy atom. The summed E-state index contributed by atoms with van der Waals surface area (Å²) < 4.78 is 0. The second-order valence-corrected chi connectivity index (χ2v) is 2.66. The van der Waals surface area contributed by atoms with Crippen LogP contribution in [0.15, 0.2) is 0 Å². The van der Waals surface area contributed by atoms with Crippen LogP contribution < -0.4 is 0 Å². The Labute approximate surface area is 84.2 Å².